The molecule has 0 atom stereocenters. The zero-order chi connectivity index (χ0) is 12.3. The molecule has 0 spiro atoms. The van der Waals surface area contributed by atoms with Crippen LogP contribution in [0.2, 0.25) is 5.02 Å². The Morgan fingerprint density at radius 2 is 2.24 bits per heavy atom. The fourth-order valence-electron chi connectivity index (χ4n) is 1.33. The van der Waals surface area contributed by atoms with E-state index in [0.717, 1.165) is 12.0 Å². The minimum atomic E-state index is -0.289. The molecule has 0 fully saturated rings. The number of ether oxygens (including phenoxy) is 1. The summed E-state index contributed by atoms with van der Waals surface area (Å²) in [7, 11) is 0. The smallest absolute Gasteiger partial charge is 0.410 e. The Kier molecular flexibility index (Phi) is 3.61. The second-order valence-electron chi connectivity index (χ2n) is 3.39. The molecule has 0 aliphatic rings. The standard InChI is InChI=1S/C11H11ClN2O3/c1-2-7-3-8(12)5-9(4-7)16-11-13-10(6-15)14-17-11/h3-5,15H,2,6H2,1H3. The Bertz CT molecular complexity index is 513. The lowest BCUT2D eigenvalue weighted by Gasteiger charge is -2.03. The SMILES string of the molecule is CCc1cc(Cl)cc(Oc2nc(CO)no2)c1. The van der Waals surface area contributed by atoms with E-state index >= 15 is 0 Å². The van der Waals surface area contributed by atoms with Gasteiger partial charge in [-0.15, -0.1) is 0 Å². The summed E-state index contributed by atoms with van der Waals surface area (Å²) < 4.78 is 10.1. The van der Waals surface area contributed by atoms with Crippen LogP contribution >= 0.6 is 11.6 Å². The summed E-state index contributed by atoms with van der Waals surface area (Å²) >= 11 is 5.94. The van der Waals surface area contributed by atoms with Crippen LogP contribution in [0.5, 0.6) is 11.8 Å². The molecule has 0 aliphatic carbocycles. The number of aliphatic hydroxyl groups is 1. The Morgan fingerprint density at radius 1 is 1.41 bits per heavy atom. The zero-order valence-electron chi connectivity index (χ0n) is 9.18. The monoisotopic (exact) mass is 254 g/mol. The molecule has 1 N–H and O–H groups in total. The fourth-order valence-corrected chi connectivity index (χ4v) is 1.58. The number of rotatable bonds is 4. The lowest BCUT2D eigenvalue weighted by atomic mass is 10.2. The van der Waals surface area contributed by atoms with Crippen molar-refractivity contribution in [1.29, 1.82) is 0 Å². The molecule has 0 saturated heterocycles. The molecule has 1 heterocycles. The Labute approximate surface area is 103 Å². The van der Waals surface area contributed by atoms with Gasteiger partial charge in [-0.1, -0.05) is 23.7 Å². The van der Waals surface area contributed by atoms with Crippen molar-refractivity contribution in [1.82, 2.24) is 10.1 Å². The third-order valence-electron chi connectivity index (χ3n) is 2.14. The molecule has 2 aromatic rings. The summed E-state index contributed by atoms with van der Waals surface area (Å²) in [5.74, 6) is 0.709. The van der Waals surface area contributed by atoms with Crippen LogP contribution in [0.1, 0.15) is 18.3 Å². The first-order valence-electron chi connectivity index (χ1n) is 5.12. The van der Waals surface area contributed by atoms with Crippen molar-refractivity contribution in [2.75, 3.05) is 0 Å². The summed E-state index contributed by atoms with van der Waals surface area (Å²) in [5.41, 5.74) is 1.05. The third-order valence-corrected chi connectivity index (χ3v) is 2.35. The van der Waals surface area contributed by atoms with Crippen molar-refractivity contribution in [3.63, 3.8) is 0 Å². The van der Waals surface area contributed by atoms with Gasteiger partial charge in [-0.25, -0.2) is 0 Å². The van der Waals surface area contributed by atoms with Crippen molar-refractivity contribution in [3.8, 4) is 11.8 Å². The molecule has 0 unspecified atom stereocenters. The molecule has 5 nitrogen and oxygen atoms in total. The van der Waals surface area contributed by atoms with Crippen LogP contribution in [0.4, 0.5) is 0 Å². The molecular formula is C11H11ClN2O3. The zero-order valence-corrected chi connectivity index (χ0v) is 9.94. The first-order chi connectivity index (χ1) is 8.21. The van der Waals surface area contributed by atoms with Crippen LogP contribution in [0.25, 0.3) is 0 Å². The van der Waals surface area contributed by atoms with E-state index in [-0.39, 0.29) is 18.5 Å². The normalized spacial score (nSPS) is 10.5. The van der Waals surface area contributed by atoms with Gasteiger partial charge in [-0.05, 0) is 30.2 Å². The summed E-state index contributed by atoms with van der Waals surface area (Å²) in [6.07, 6.45) is 0.834. The highest BCUT2D eigenvalue weighted by molar-refractivity contribution is 6.30. The first kappa shape index (κ1) is 11.9. The maximum Gasteiger partial charge on any atom is 0.423 e. The average molecular weight is 255 g/mol. The van der Waals surface area contributed by atoms with E-state index in [1.165, 1.54) is 0 Å². The van der Waals surface area contributed by atoms with E-state index in [4.69, 9.17) is 26.0 Å². The molecule has 0 amide bonds. The van der Waals surface area contributed by atoms with Crippen LogP contribution in [-0.2, 0) is 13.0 Å². The Balaban J connectivity index is 2.20. The number of halogens is 1. The van der Waals surface area contributed by atoms with Crippen molar-refractivity contribution >= 4 is 11.6 Å². The van der Waals surface area contributed by atoms with Gasteiger partial charge in [0.1, 0.15) is 12.4 Å². The number of aromatic nitrogens is 2. The minimum Gasteiger partial charge on any atom is -0.410 e. The van der Waals surface area contributed by atoms with Gasteiger partial charge in [0.15, 0.2) is 0 Å². The number of hydrogen-bond acceptors (Lipinski definition) is 5. The first-order valence-corrected chi connectivity index (χ1v) is 5.50. The van der Waals surface area contributed by atoms with Crippen LogP contribution in [0.15, 0.2) is 22.7 Å². The summed E-state index contributed by atoms with van der Waals surface area (Å²) in [5, 5.41) is 12.9. The van der Waals surface area contributed by atoms with Crippen molar-refractivity contribution in [2.45, 2.75) is 20.0 Å². The van der Waals surface area contributed by atoms with E-state index in [0.29, 0.717) is 10.8 Å². The van der Waals surface area contributed by atoms with Crippen LogP contribution in [0.3, 0.4) is 0 Å². The van der Waals surface area contributed by atoms with Gasteiger partial charge in [-0.2, -0.15) is 4.98 Å². The highest BCUT2D eigenvalue weighted by atomic mass is 35.5. The maximum absolute atomic E-state index is 8.78. The summed E-state index contributed by atoms with van der Waals surface area (Å²) in [6, 6.07) is 5.36. The quantitative estimate of drug-likeness (QED) is 0.908. The van der Waals surface area contributed by atoms with E-state index in [2.05, 4.69) is 10.1 Å². The molecule has 90 valence electrons. The second kappa shape index (κ2) is 5.16. The van der Waals surface area contributed by atoms with E-state index in [1.54, 1.807) is 6.07 Å². The van der Waals surface area contributed by atoms with E-state index < -0.39 is 0 Å². The van der Waals surface area contributed by atoms with Gasteiger partial charge < -0.3 is 9.84 Å². The van der Waals surface area contributed by atoms with E-state index in [1.807, 2.05) is 19.1 Å². The van der Waals surface area contributed by atoms with Crippen molar-refractivity contribution in [2.24, 2.45) is 0 Å². The molecule has 1 aromatic carbocycles. The number of hydrogen-bond donors (Lipinski definition) is 1. The lowest BCUT2D eigenvalue weighted by molar-refractivity contribution is 0.255. The number of nitrogens with zero attached hydrogens (tertiary/aromatic N) is 2. The fraction of sp³-hybridized carbons (Fsp3) is 0.273. The molecule has 1 aromatic heterocycles. The molecule has 17 heavy (non-hydrogen) atoms. The van der Waals surface area contributed by atoms with Gasteiger partial charge in [0.25, 0.3) is 0 Å². The van der Waals surface area contributed by atoms with Crippen molar-refractivity contribution in [3.05, 3.63) is 34.6 Å². The van der Waals surface area contributed by atoms with Gasteiger partial charge in [0, 0.05) is 5.02 Å². The Morgan fingerprint density at radius 3 is 2.88 bits per heavy atom. The largest absolute Gasteiger partial charge is 0.423 e. The van der Waals surface area contributed by atoms with Gasteiger partial charge in [-0.3, -0.25) is 4.52 Å². The average Bonchev–Trinajstić information content (AvgIpc) is 2.76. The van der Waals surface area contributed by atoms with Gasteiger partial charge in [0.2, 0.25) is 5.82 Å². The molecular weight excluding hydrogens is 244 g/mol. The topological polar surface area (TPSA) is 68.4 Å². The number of benzene rings is 1. The van der Waals surface area contributed by atoms with Gasteiger partial charge in [0.05, 0.1) is 0 Å². The molecule has 2 rings (SSSR count). The highest BCUT2D eigenvalue weighted by Gasteiger charge is 2.08. The predicted molar refractivity (Wildman–Crippen MR) is 61.1 cm³/mol. The molecule has 0 aliphatic heterocycles. The number of aliphatic hydroxyl groups excluding tert-OH is 1. The third kappa shape index (κ3) is 2.95. The van der Waals surface area contributed by atoms with Gasteiger partial charge >= 0.3 is 6.08 Å². The van der Waals surface area contributed by atoms with E-state index in [9.17, 15) is 0 Å². The predicted octanol–water partition coefficient (Wildman–Crippen LogP) is 2.57. The maximum atomic E-state index is 8.78. The summed E-state index contributed by atoms with van der Waals surface area (Å²) in [4.78, 5) is 3.82. The van der Waals surface area contributed by atoms with Crippen LogP contribution < -0.4 is 4.74 Å². The lowest BCUT2D eigenvalue weighted by Crippen LogP contribution is -1.88. The molecule has 6 heteroatoms. The molecule has 0 saturated carbocycles. The van der Waals surface area contributed by atoms with Crippen LogP contribution in [-0.4, -0.2) is 15.2 Å². The van der Waals surface area contributed by atoms with Crippen molar-refractivity contribution < 1.29 is 14.4 Å². The molecule has 0 bridgehead atoms. The second-order valence-corrected chi connectivity index (χ2v) is 3.82. The minimum absolute atomic E-state index is 0.0154. The summed E-state index contributed by atoms with van der Waals surface area (Å²) in [6.45, 7) is 1.73. The number of aryl methyl sites for hydroxylation is 1. The molecule has 0 radical (unpaired) electrons. The Hall–Kier alpha value is -1.59. The highest BCUT2D eigenvalue weighted by Crippen LogP contribution is 2.25. The van der Waals surface area contributed by atoms with Crippen LogP contribution in [0, 0.1) is 0 Å².